The Balaban J connectivity index is 2.38. The third-order valence-corrected chi connectivity index (χ3v) is 2.69. The molecular weight excluding hydrogens is 180 g/mol. The first-order chi connectivity index (χ1) is 6.61. The Kier molecular flexibility index (Phi) is 4.39. The summed E-state index contributed by atoms with van der Waals surface area (Å²) >= 11 is 0. The van der Waals surface area contributed by atoms with E-state index in [0.717, 1.165) is 25.7 Å². The van der Waals surface area contributed by atoms with Crippen molar-refractivity contribution in [1.29, 1.82) is 0 Å². The highest BCUT2D eigenvalue weighted by Gasteiger charge is 2.28. The van der Waals surface area contributed by atoms with Crippen LogP contribution in [0.5, 0.6) is 0 Å². The fourth-order valence-corrected chi connectivity index (χ4v) is 1.94. The molecule has 3 heteroatoms. The van der Waals surface area contributed by atoms with Crippen LogP contribution in [-0.2, 0) is 9.53 Å². The first-order valence-corrected chi connectivity index (χ1v) is 5.50. The Morgan fingerprint density at radius 1 is 1.29 bits per heavy atom. The molecule has 0 bridgehead atoms. The van der Waals surface area contributed by atoms with Crippen molar-refractivity contribution in [2.45, 2.75) is 58.2 Å². The van der Waals surface area contributed by atoms with Crippen LogP contribution in [0.15, 0.2) is 0 Å². The predicted molar refractivity (Wildman–Crippen MR) is 53.8 cm³/mol. The van der Waals surface area contributed by atoms with Gasteiger partial charge in [-0.3, -0.25) is 0 Å². The van der Waals surface area contributed by atoms with Crippen LogP contribution in [-0.4, -0.2) is 23.3 Å². The summed E-state index contributed by atoms with van der Waals surface area (Å²) in [4.78, 5) is 11.4. The molecule has 1 saturated carbocycles. The van der Waals surface area contributed by atoms with Gasteiger partial charge in [-0.15, -0.1) is 0 Å². The van der Waals surface area contributed by atoms with Crippen LogP contribution in [0.4, 0.5) is 0 Å². The molecule has 0 unspecified atom stereocenters. The average Bonchev–Trinajstić information content (AvgIpc) is 2.17. The maximum Gasteiger partial charge on any atom is 0.335 e. The molecule has 1 atom stereocenters. The lowest BCUT2D eigenvalue weighted by atomic mass is 9.85. The molecule has 0 heterocycles. The maximum absolute atomic E-state index is 11.4. The second-order valence-electron chi connectivity index (χ2n) is 4.33. The molecule has 1 aliphatic rings. The van der Waals surface area contributed by atoms with Gasteiger partial charge in [0.05, 0.1) is 6.10 Å². The summed E-state index contributed by atoms with van der Waals surface area (Å²) < 4.78 is 4.98. The lowest BCUT2D eigenvalue weighted by Crippen LogP contribution is -2.33. The van der Waals surface area contributed by atoms with Crippen LogP contribution in [0.1, 0.15) is 46.0 Å². The number of carbonyl (C=O) groups is 1. The third kappa shape index (κ3) is 3.29. The lowest BCUT2D eigenvalue weighted by Gasteiger charge is -2.25. The molecule has 0 aromatic heterocycles. The highest BCUT2D eigenvalue weighted by Crippen LogP contribution is 2.27. The summed E-state index contributed by atoms with van der Waals surface area (Å²) in [5.74, 6) is -0.332. The van der Waals surface area contributed by atoms with E-state index in [-0.39, 0.29) is 12.0 Å². The van der Waals surface area contributed by atoms with Gasteiger partial charge in [-0.2, -0.15) is 0 Å². The van der Waals surface area contributed by atoms with Gasteiger partial charge >= 0.3 is 5.97 Å². The maximum atomic E-state index is 11.4. The number of rotatable bonds is 3. The fourth-order valence-electron chi connectivity index (χ4n) is 1.94. The minimum atomic E-state index is -0.905. The van der Waals surface area contributed by atoms with Gasteiger partial charge in [0.15, 0.2) is 6.10 Å². The molecule has 1 rings (SSSR count). The molecule has 3 nitrogen and oxygen atoms in total. The van der Waals surface area contributed by atoms with Gasteiger partial charge in [0.2, 0.25) is 0 Å². The Bertz CT molecular complexity index is 183. The topological polar surface area (TPSA) is 46.5 Å². The van der Waals surface area contributed by atoms with Crippen molar-refractivity contribution in [3.8, 4) is 0 Å². The van der Waals surface area contributed by atoms with Crippen molar-refractivity contribution in [1.82, 2.24) is 0 Å². The van der Waals surface area contributed by atoms with Gasteiger partial charge in [0.25, 0.3) is 0 Å². The van der Waals surface area contributed by atoms with Crippen molar-refractivity contribution < 1.29 is 14.6 Å². The van der Waals surface area contributed by atoms with Crippen LogP contribution in [0.3, 0.4) is 0 Å². The molecule has 1 N–H and O–H groups in total. The van der Waals surface area contributed by atoms with Gasteiger partial charge < -0.3 is 9.84 Å². The average molecular weight is 200 g/mol. The Hall–Kier alpha value is -0.570. The summed E-state index contributed by atoms with van der Waals surface area (Å²) in [7, 11) is 0. The molecule has 14 heavy (non-hydrogen) atoms. The van der Waals surface area contributed by atoms with E-state index >= 15 is 0 Å². The van der Waals surface area contributed by atoms with E-state index < -0.39 is 12.1 Å². The van der Waals surface area contributed by atoms with Crippen molar-refractivity contribution >= 4 is 5.97 Å². The number of ether oxygens (including phenoxy) is 1. The molecule has 0 aromatic rings. The van der Waals surface area contributed by atoms with E-state index in [0.29, 0.717) is 0 Å². The van der Waals surface area contributed by atoms with Gasteiger partial charge in [-0.05, 0) is 32.6 Å². The molecular formula is C11H20O3. The third-order valence-electron chi connectivity index (χ3n) is 2.69. The minimum Gasteiger partial charge on any atom is -0.461 e. The molecule has 1 fully saturated rings. The Morgan fingerprint density at radius 3 is 2.36 bits per heavy atom. The van der Waals surface area contributed by atoms with E-state index in [1.54, 1.807) is 13.8 Å². The largest absolute Gasteiger partial charge is 0.461 e. The van der Waals surface area contributed by atoms with Crippen molar-refractivity contribution in [2.75, 3.05) is 0 Å². The number of carbonyl (C=O) groups excluding carboxylic acids is 1. The number of aliphatic hydroxyl groups is 1. The van der Waals surface area contributed by atoms with E-state index in [4.69, 9.17) is 4.74 Å². The monoisotopic (exact) mass is 200 g/mol. The van der Waals surface area contributed by atoms with Gasteiger partial charge in [-0.1, -0.05) is 19.3 Å². The second-order valence-corrected chi connectivity index (χ2v) is 4.33. The first kappa shape index (κ1) is 11.5. The van der Waals surface area contributed by atoms with Crippen LogP contribution < -0.4 is 0 Å². The summed E-state index contributed by atoms with van der Waals surface area (Å²) in [6.45, 7) is 3.59. The second kappa shape index (κ2) is 5.35. The summed E-state index contributed by atoms with van der Waals surface area (Å²) in [5, 5.41) is 9.72. The smallest absolute Gasteiger partial charge is 0.335 e. The van der Waals surface area contributed by atoms with Crippen LogP contribution in [0, 0.1) is 5.92 Å². The van der Waals surface area contributed by atoms with Crippen LogP contribution in [0.2, 0.25) is 0 Å². The lowest BCUT2D eigenvalue weighted by molar-refractivity contribution is -0.161. The summed E-state index contributed by atoms with van der Waals surface area (Å²) in [6.07, 6.45) is 4.33. The predicted octanol–water partition coefficient (Wildman–Crippen LogP) is 1.88. The molecule has 0 saturated heterocycles. The summed E-state index contributed by atoms with van der Waals surface area (Å²) in [5.41, 5.74) is 0. The zero-order chi connectivity index (χ0) is 10.6. The molecule has 0 amide bonds. The zero-order valence-electron chi connectivity index (χ0n) is 9.03. The van der Waals surface area contributed by atoms with Gasteiger partial charge in [0.1, 0.15) is 0 Å². The van der Waals surface area contributed by atoms with Crippen LogP contribution in [0.25, 0.3) is 0 Å². The number of esters is 1. The van der Waals surface area contributed by atoms with Gasteiger partial charge in [0, 0.05) is 0 Å². The number of hydrogen-bond donors (Lipinski definition) is 1. The first-order valence-electron chi connectivity index (χ1n) is 5.50. The van der Waals surface area contributed by atoms with E-state index in [9.17, 15) is 9.90 Å². The van der Waals surface area contributed by atoms with E-state index in [2.05, 4.69) is 0 Å². The highest BCUT2D eigenvalue weighted by molar-refractivity contribution is 5.74. The van der Waals surface area contributed by atoms with E-state index in [1.165, 1.54) is 6.42 Å². The molecule has 0 spiro atoms. The van der Waals surface area contributed by atoms with E-state index in [1.807, 2.05) is 0 Å². The molecule has 0 radical (unpaired) electrons. The van der Waals surface area contributed by atoms with Crippen molar-refractivity contribution in [3.63, 3.8) is 0 Å². The molecule has 1 aliphatic carbocycles. The van der Waals surface area contributed by atoms with Crippen molar-refractivity contribution in [3.05, 3.63) is 0 Å². The summed E-state index contributed by atoms with van der Waals surface area (Å²) in [6, 6.07) is 0. The van der Waals surface area contributed by atoms with Crippen molar-refractivity contribution in [2.24, 2.45) is 5.92 Å². The quantitative estimate of drug-likeness (QED) is 0.707. The minimum absolute atomic E-state index is 0.120. The normalized spacial score (nSPS) is 20.9. The Morgan fingerprint density at radius 2 is 1.86 bits per heavy atom. The highest BCUT2D eigenvalue weighted by atomic mass is 16.6. The number of hydrogen-bond acceptors (Lipinski definition) is 3. The van der Waals surface area contributed by atoms with Gasteiger partial charge in [-0.25, -0.2) is 4.79 Å². The van der Waals surface area contributed by atoms with Crippen LogP contribution >= 0.6 is 0 Å². The SMILES string of the molecule is CC(C)OC(=O)[C@@H](O)C1CCCCC1. The molecule has 82 valence electrons. The fraction of sp³-hybridized carbons (Fsp3) is 0.909. The molecule has 0 aromatic carbocycles. The standard InChI is InChI=1S/C11H20O3/c1-8(2)14-11(13)10(12)9-6-4-3-5-7-9/h8-10,12H,3-7H2,1-2H3/t10-/m0/s1. The Labute approximate surface area is 85.5 Å². The zero-order valence-corrected chi connectivity index (χ0v) is 9.03. The molecule has 0 aliphatic heterocycles. The number of aliphatic hydroxyl groups excluding tert-OH is 1.